The third-order valence-electron chi connectivity index (χ3n) is 4.24. The molecule has 0 aliphatic rings. The second-order valence-corrected chi connectivity index (χ2v) is 7.90. The molecule has 154 valence electrons. The highest BCUT2D eigenvalue weighted by molar-refractivity contribution is 8.00. The molecule has 2 heterocycles. The molecule has 0 aliphatic carbocycles. The van der Waals surface area contributed by atoms with Crippen molar-refractivity contribution in [2.45, 2.75) is 25.3 Å². The number of methoxy groups -OCH3 is 1. The maximum Gasteiger partial charge on any atom is 0.438 e. The van der Waals surface area contributed by atoms with Crippen LogP contribution in [0.15, 0.2) is 50.7 Å². The van der Waals surface area contributed by atoms with Crippen LogP contribution in [-0.2, 0) is 6.42 Å². The molecule has 0 amide bonds. The SMILES string of the molecule is COc1ccc(-[n+]2[nH]oc(=O)c2C(=O)CSc2nc(CC(C)C)ccc2C#N)cc1. The van der Waals surface area contributed by atoms with Gasteiger partial charge < -0.3 is 4.74 Å². The van der Waals surface area contributed by atoms with Gasteiger partial charge in [0, 0.05) is 17.8 Å². The van der Waals surface area contributed by atoms with E-state index >= 15 is 0 Å². The quantitative estimate of drug-likeness (QED) is 0.335. The molecule has 1 aromatic carbocycles. The molecule has 2 aromatic heterocycles. The first-order valence-electron chi connectivity index (χ1n) is 9.27. The van der Waals surface area contributed by atoms with Crippen LogP contribution in [0.1, 0.15) is 35.6 Å². The van der Waals surface area contributed by atoms with E-state index in [4.69, 9.17) is 9.26 Å². The summed E-state index contributed by atoms with van der Waals surface area (Å²) in [4.78, 5) is 29.5. The number of H-pyrrole nitrogens is 1. The molecule has 0 bridgehead atoms. The number of nitriles is 1. The van der Waals surface area contributed by atoms with Gasteiger partial charge in [0.1, 0.15) is 16.8 Å². The van der Waals surface area contributed by atoms with Crippen LogP contribution in [-0.4, -0.2) is 28.9 Å². The van der Waals surface area contributed by atoms with Gasteiger partial charge in [0.15, 0.2) is 0 Å². The molecule has 0 atom stereocenters. The first-order valence-corrected chi connectivity index (χ1v) is 10.3. The van der Waals surface area contributed by atoms with E-state index in [9.17, 15) is 14.9 Å². The van der Waals surface area contributed by atoms with Gasteiger partial charge in [-0.2, -0.15) is 5.26 Å². The Labute approximate surface area is 177 Å². The van der Waals surface area contributed by atoms with Crippen LogP contribution in [0.3, 0.4) is 0 Å². The summed E-state index contributed by atoms with van der Waals surface area (Å²) < 4.78 is 11.3. The molecular formula is C21H21N4O4S+. The van der Waals surface area contributed by atoms with Crippen LogP contribution in [0.2, 0.25) is 0 Å². The summed E-state index contributed by atoms with van der Waals surface area (Å²) in [5.41, 5.74) is 0.894. The first kappa shape index (κ1) is 21.3. The minimum absolute atomic E-state index is 0.0639. The van der Waals surface area contributed by atoms with Crippen molar-refractivity contribution in [2.24, 2.45) is 5.92 Å². The lowest BCUT2D eigenvalue weighted by atomic mass is 10.1. The molecule has 1 N–H and O–H groups in total. The summed E-state index contributed by atoms with van der Waals surface area (Å²) in [7, 11) is 1.55. The van der Waals surface area contributed by atoms with E-state index in [-0.39, 0.29) is 11.4 Å². The Bertz CT molecular complexity index is 1140. The molecule has 3 aromatic rings. The van der Waals surface area contributed by atoms with Crippen LogP contribution < -0.4 is 15.0 Å². The van der Waals surface area contributed by atoms with E-state index in [1.165, 1.54) is 4.68 Å². The van der Waals surface area contributed by atoms with Crippen LogP contribution >= 0.6 is 11.8 Å². The number of aromatic nitrogens is 3. The maximum absolute atomic E-state index is 12.8. The molecule has 0 saturated heterocycles. The fourth-order valence-corrected chi connectivity index (χ4v) is 3.69. The van der Waals surface area contributed by atoms with Gasteiger partial charge in [-0.25, -0.2) is 9.78 Å². The fourth-order valence-electron chi connectivity index (χ4n) is 2.83. The zero-order chi connectivity index (χ0) is 21.7. The normalized spacial score (nSPS) is 10.8. The first-order chi connectivity index (χ1) is 14.4. The number of ether oxygens (including phenoxy) is 1. The Balaban J connectivity index is 1.83. The Morgan fingerprint density at radius 1 is 1.30 bits per heavy atom. The van der Waals surface area contributed by atoms with Gasteiger partial charge in [0.2, 0.25) is 11.5 Å². The number of benzene rings is 1. The van der Waals surface area contributed by atoms with Crippen molar-refractivity contribution in [1.29, 1.82) is 5.26 Å². The molecule has 0 spiro atoms. The van der Waals surface area contributed by atoms with Crippen molar-refractivity contribution >= 4 is 17.5 Å². The van der Waals surface area contributed by atoms with E-state index in [2.05, 4.69) is 30.2 Å². The number of hydrogen-bond acceptors (Lipinski definition) is 7. The largest absolute Gasteiger partial charge is 0.497 e. The van der Waals surface area contributed by atoms with Crippen molar-refractivity contribution in [2.75, 3.05) is 12.9 Å². The molecule has 9 heteroatoms. The summed E-state index contributed by atoms with van der Waals surface area (Å²) >= 11 is 1.13. The summed E-state index contributed by atoms with van der Waals surface area (Å²) in [5.74, 6) is 0.555. The summed E-state index contributed by atoms with van der Waals surface area (Å²) in [6.07, 6.45) is 0.770. The average molecular weight is 425 g/mol. The number of nitrogens with one attached hydrogen (secondary N) is 1. The smallest absolute Gasteiger partial charge is 0.438 e. The number of Topliss-reactive ketones (excluding diaryl/α,β-unsaturated/α-hetero) is 1. The highest BCUT2D eigenvalue weighted by Crippen LogP contribution is 2.22. The molecule has 0 saturated carbocycles. The van der Waals surface area contributed by atoms with Gasteiger partial charge in [0.05, 0.1) is 18.4 Å². The fraction of sp³-hybridized carbons (Fsp3) is 0.286. The second-order valence-electron chi connectivity index (χ2n) is 6.94. The standard InChI is InChI=1S/C21H20N4O4S/c1-13(2)10-15-5-4-14(11-22)20(23-15)30-12-18(26)19-21(27)29-24-25(19)16-6-8-17(28-3)9-7-16/h4-9,13H,10,12H2,1-3H3/p+1. The Hall–Kier alpha value is -3.38. The average Bonchev–Trinajstić information content (AvgIpc) is 3.13. The van der Waals surface area contributed by atoms with Gasteiger partial charge in [0.25, 0.3) is 0 Å². The highest BCUT2D eigenvalue weighted by atomic mass is 32.2. The third-order valence-corrected chi connectivity index (χ3v) is 5.23. The number of hydrogen-bond donors (Lipinski definition) is 1. The van der Waals surface area contributed by atoms with Crippen LogP contribution in [0.4, 0.5) is 0 Å². The minimum Gasteiger partial charge on any atom is -0.497 e. The number of carbonyl (C=O) groups is 1. The van der Waals surface area contributed by atoms with Crippen molar-refractivity contribution in [3.63, 3.8) is 0 Å². The van der Waals surface area contributed by atoms with Gasteiger partial charge in [-0.05, 0) is 46.6 Å². The summed E-state index contributed by atoms with van der Waals surface area (Å²) in [5, 5.41) is 12.3. The predicted molar refractivity (Wildman–Crippen MR) is 110 cm³/mol. The topological polar surface area (TPSA) is 113 Å². The number of carbonyl (C=O) groups excluding carboxylic acids is 1. The van der Waals surface area contributed by atoms with E-state index in [1.807, 2.05) is 6.07 Å². The summed E-state index contributed by atoms with van der Waals surface area (Å²) in [6, 6.07) is 12.4. The van der Waals surface area contributed by atoms with Crippen molar-refractivity contribution in [3.8, 4) is 17.5 Å². The van der Waals surface area contributed by atoms with E-state index in [1.54, 1.807) is 37.4 Å². The number of ketones is 1. The van der Waals surface area contributed by atoms with Crippen LogP contribution in [0.25, 0.3) is 5.69 Å². The van der Waals surface area contributed by atoms with Gasteiger partial charge in [-0.3, -0.25) is 9.32 Å². The lowest BCUT2D eigenvalue weighted by molar-refractivity contribution is -0.672. The van der Waals surface area contributed by atoms with Crippen LogP contribution in [0.5, 0.6) is 5.75 Å². The Morgan fingerprint density at radius 3 is 2.67 bits per heavy atom. The summed E-state index contributed by atoms with van der Waals surface area (Å²) in [6.45, 7) is 4.17. The number of thioether (sulfide) groups is 1. The number of pyridine rings is 1. The molecule has 3 rings (SSSR count). The van der Waals surface area contributed by atoms with Crippen molar-refractivity contribution in [3.05, 3.63) is 63.8 Å². The minimum atomic E-state index is -0.765. The monoisotopic (exact) mass is 425 g/mol. The molecule has 30 heavy (non-hydrogen) atoms. The number of nitrogens with zero attached hydrogens (tertiary/aromatic N) is 3. The lowest BCUT2D eigenvalue weighted by Gasteiger charge is -2.07. The number of aromatic amines is 1. The lowest BCUT2D eigenvalue weighted by Crippen LogP contribution is -2.41. The Kier molecular flexibility index (Phi) is 6.69. The molecule has 0 aliphatic heterocycles. The van der Waals surface area contributed by atoms with Gasteiger partial charge in [-0.15, -0.1) is 0 Å². The van der Waals surface area contributed by atoms with Crippen molar-refractivity contribution < 1.29 is 18.7 Å². The van der Waals surface area contributed by atoms with E-state index in [0.717, 1.165) is 23.9 Å². The molecule has 0 unspecified atom stereocenters. The zero-order valence-corrected chi connectivity index (χ0v) is 17.7. The zero-order valence-electron chi connectivity index (χ0n) is 16.8. The second kappa shape index (κ2) is 9.41. The molecule has 0 fully saturated rings. The van der Waals surface area contributed by atoms with E-state index in [0.29, 0.717) is 27.9 Å². The maximum atomic E-state index is 12.8. The van der Waals surface area contributed by atoms with Gasteiger partial charge in [-0.1, -0.05) is 25.6 Å². The van der Waals surface area contributed by atoms with Crippen molar-refractivity contribution in [1.82, 2.24) is 10.3 Å². The predicted octanol–water partition coefficient (Wildman–Crippen LogP) is 2.69. The number of rotatable bonds is 8. The van der Waals surface area contributed by atoms with Gasteiger partial charge >= 0.3 is 11.3 Å². The third kappa shape index (κ3) is 4.78. The Morgan fingerprint density at radius 2 is 2.03 bits per heavy atom. The van der Waals surface area contributed by atoms with E-state index < -0.39 is 11.4 Å². The molecule has 8 nitrogen and oxygen atoms in total. The highest BCUT2D eigenvalue weighted by Gasteiger charge is 2.30. The molecular weight excluding hydrogens is 404 g/mol. The van der Waals surface area contributed by atoms with Crippen LogP contribution in [0, 0.1) is 17.2 Å². The molecule has 0 radical (unpaired) electrons.